The fraction of sp³-hybridized carbons (Fsp3) is 0.400. The van der Waals surface area contributed by atoms with Crippen LogP contribution in [0.15, 0.2) is 17.5 Å². The first-order valence-electron chi connectivity index (χ1n) is 9.33. The van der Waals surface area contributed by atoms with Crippen LogP contribution in [0.2, 0.25) is 0 Å². The fourth-order valence-electron chi connectivity index (χ4n) is 3.07. The molecule has 0 bridgehead atoms. The Hall–Kier alpha value is -2.52. The van der Waals surface area contributed by atoms with E-state index in [1.807, 2.05) is 0 Å². The molecule has 0 aromatic carbocycles. The summed E-state index contributed by atoms with van der Waals surface area (Å²) in [5.41, 5.74) is 1.35. The topological polar surface area (TPSA) is 98.8 Å². The molecule has 0 spiro atoms. The second kappa shape index (κ2) is 9.80. The number of hydrogen-bond donors (Lipinski definition) is 1. The lowest BCUT2D eigenvalue weighted by Crippen LogP contribution is -2.22. The minimum absolute atomic E-state index is 0.0334. The summed E-state index contributed by atoms with van der Waals surface area (Å²) < 4.78 is 10.1. The third-order valence-electron chi connectivity index (χ3n) is 4.37. The molecule has 29 heavy (non-hydrogen) atoms. The van der Waals surface area contributed by atoms with Gasteiger partial charge in [0, 0.05) is 11.3 Å². The SMILES string of the molecule is CCOC(=O)c1c(NC(=O)COC(=O)CCC(=O)c2cccs2)sc2c1CCC2. The van der Waals surface area contributed by atoms with E-state index < -0.39 is 24.5 Å². The third kappa shape index (κ3) is 5.30. The Bertz CT molecular complexity index is 916. The highest BCUT2D eigenvalue weighted by molar-refractivity contribution is 7.17. The number of thiophene rings is 2. The molecule has 0 unspecified atom stereocenters. The van der Waals surface area contributed by atoms with E-state index in [0.29, 0.717) is 15.4 Å². The Morgan fingerprint density at radius 3 is 2.69 bits per heavy atom. The van der Waals surface area contributed by atoms with Crippen LogP contribution in [0.1, 0.15) is 56.7 Å². The first-order valence-corrected chi connectivity index (χ1v) is 11.0. The summed E-state index contributed by atoms with van der Waals surface area (Å²) in [6.45, 7) is 1.50. The molecule has 0 aliphatic heterocycles. The lowest BCUT2D eigenvalue weighted by Gasteiger charge is -2.08. The number of hydrogen-bond acceptors (Lipinski definition) is 8. The molecular formula is C20H21NO6S2. The van der Waals surface area contributed by atoms with Gasteiger partial charge in [-0.15, -0.1) is 22.7 Å². The van der Waals surface area contributed by atoms with Crippen LogP contribution >= 0.6 is 22.7 Å². The van der Waals surface area contributed by atoms with Crippen molar-refractivity contribution in [2.24, 2.45) is 0 Å². The molecule has 2 heterocycles. The van der Waals surface area contributed by atoms with Crippen LogP contribution in [0.25, 0.3) is 0 Å². The van der Waals surface area contributed by atoms with E-state index in [-0.39, 0.29) is 25.2 Å². The highest BCUT2D eigenvalue weighted by atomic mass is 32.1. The highest BCUT2D eigenvalue weighted by Gasteiger charge is 2.28. The van der Waals surface area contributed by atoms with Gasteiger partial charge in [0.25, 0.3) is 5.91 Å². The molecule has 1 aliphatic carbocycles. The number of ether oxygens (including phenoxy) is 2. The zero-order chi connectivity index (χ0) is 20.8. The molecule has 2 aromatic heterocycles. The van der Waals surface area contributed by atoms with Crippen molar-refractivity contribution < 1.29 is 28.7 Å². The van der Waals surface area contributed by atoms with E-state index in [2.05, 4.69) is 5.32 Å². The fourth-order valence-corrected chi connectivity index (χ4v) is 5.06. The maximum atomic E-state index is 12.3. The monoisotopic (exact) mass is 435 g/mol. The standard InChI is InChI=1S/C20H21NO6S2/c1-2-26-20(25)18-12-5-3-6-14(12)29-19(18)21-16(23)11-27-17(24)9-8-13(22)15-7-4-10-28-15/h4,7,10H,2-3,5-6,8-9,11H2,1H3,(H,21,23). The molecule has 2 aromatic rings. The van der Waals surface area contributed by atoms with E-state index >= 15 is 0 Å². The lowest BCUT2D eigenvalue weighted by atomic mass is 10.1. The van der Waals surface area contributed by atoms with Crippen LogP contribution in [-0.2, 0) is 31.9 Å². The van der Waals surface area contributed by atoms with Crippen molar-refractivity contribution in [1.82, 2.24) is 0 Å². The molecule has 1 aliphatic rings. The van der Waals surface area contributed by atoms with Gasteiger partial charge in [-0.05, 0) is 43.2 Å². The zero-order valence-electron chi connectivity index (χ0n) is 15.9. The zero-order valence-corrected chi connectivity index (χ0v) is 17.6. The van der Waals surface area contributed by atoms with E-state index in [9.17, 15) is 19.2 Å². The maximum Gasteiger partial charge on any atom is 0.341 e. The van der Waals surface area contributed by atoms with Crippen molar-refractivity contribution in [3.05, 3.63) is 38.4 Å². The minimum Gasteiger partial charge on any atom is -0.462 e. The molecule has 0 saturated heterocycles. The van der Waals surface area contributed by atoms with Gasteiger partial charge in [-0.1, -0.05) is 6.07 Å². The number of anilines is 1. The predicted octanol–water partition coefficient (Wildman–Crippen LogP) is 3.62. The van der Waals surface area contributed by atoms with Crippen molar-refractivity contribution in [2.75, 3.05) is 18.5 Å². The van der Waals surface area contributed by atoms with Gasteiger partial charge in [0.15, 0.2) is 12.4 Å². The van der Waals surface area contributed by atoms with Crippen LogP contribution in [0.5, 0.6) is 0 Å². The number of rotatable bonds is 9. The van der Waals surface area contributed by atoms with Gasteiger partial charge in [0.1, 0.15) is 5.00 Å². The van der Waals surface area contributed by atoms with Gasteiger partial charge in [0.2, 0.25) is 0 Å². The molecule has 7 nitrogen and oxygen atoms in total. The Morgan fingerprint density at radius 1 is 1.14 bits per heavy atom. The van der Waals surface area contributed by atoms with Crippen molar-refractivity contribution >= 4 is 51.3 Å². The van der Waals surface area contributed by atoms with Crippen LogP contribution < -0.4 is 5.32 Å². The molecule has 3 rings (SSSR count). The number of Topliss-reactive ketones (excluding diaryl/α,β-unsaturated/α-hetero) is 1. The van der Waals surface area contributed by atoms with E-state index in [1.54, 1.807) is 24.4 Å². The van der Waals surface area contributed by atoms with Crippen molar-refractivity contribution in [2.45, 2.75) is 39.0 Å². The van der Waals surface area contributed by atoms with Gasteiger partial charge in [-0.3, -0.25) is 14.4 Å². The molecule has 9 heteroatoms. The average Bonchev–Trinajstić information content (AvgIpc) is 3.41. The van der Waals surface area contributed by atoms with Crippen molar-refractivity contribution in [3.63, 3.8) is 0 Å². The largest absolute Gasteiger partial charge is 0.462 e. The Balaban J connectivity index is 1.51. The predicted molar refractivity (Wildman–Crippen MR) is 110 cm³/mol. The van der Waals surface area contributed by atoms with Gasteiger partial charge < -0.3 is 14.8 Å². The molecular weight excluding hydrogens is 414 g/mol. The summed E-state index contributed by atoms with van der Waals surface area (Å²) in [7, 11) is 0. The normalized spacial score (nSPS) is 12.3. The first-order chi connectivity index (χ1) is 14.0. The summed E-state index contributed by atoms with van der Waals surface area (Å²) in [6, 6.07) is 3.47. The molecule has 1 N–H and O–H groups in total. The summed E-state index contributed by atoms with van der Waals surface area (Å²) in [5.74, 6) is -1.74. The van der Waals surface area contributed by atoms with Crippen molar-refractivity contribution in [3.8, 4) is 0 Å². The number of carbonyl (C=O) groups excluding carboxylic acids is 4. The van der Waals surface area contributed by atoms with Crippen LogP contribution in [-0.4, -0.2) is 36.8 Å². The van der Waals surface area contributed by atoms with Crippen LogP contribution in [0.4, 0.5) is 5.00 Å². The number of ketones is 1. The van der Waals surface area contributed by atoms with E-state index in [1.165, 1.54) is 22.7 Å². The number of carbonyl (C=O) groups is 4. The molecule has 0 fully saturated rings. The first kappa shape index (κ1) is 21.2. The number of esters is 2. The Morgan fingerprint density at radius 2 is 1.97 bits per heavy atom. The van der Waals surface area contributed by atoms with Crippen molar-refractivity contribution in [1.29, 1.82) is 0 Å². The molecule has 0 atom stereocenters. The summed E-state index contributed by atoms with van der Waals surface area (Å²) in [5, 5.41) is 4.88. The Kier molecular flexibility index (Phi) is 7.16. The summed E-state index contributed by atoms with van der Waals surface area (Å²) in [6.07, 6.45) is 2.57. The smallest absolute Gasteiger partial charge is 0.341 e. The van der Waals surface area contributed by atoms with Gasteiger partial charge >= 0.3 is 11.9 Å². The number of nitrogens with one attached hydrogen (secondary N) is 1. The number of aryl methyl sites for hydroxylation is 1. The van der Waals surface area contributed by atoms with Gasteiger partial charge in [-0.25, -0.2) is 4.79 Å². The second-order valence-electron chi connectivity index (χ2n) is 6.39. The van der Waals surface area contributed by atoms with Gasteiger partial charge in [0.05, 0.1) is 23.5 Å². The highest BCUT2D eigenvalue weighted by Crippen LogP contribution is 2.39. The van der Waals surface area contributed by atoms with E-state index in [4.69, 9.17) is 9.47 Å². The van der Waals surface area contributed by atoms with Crippen LogP contribution in [0.3, 0.4) is 0 Å². The maximum absolute atomic E-state index is 12.3. The number of amides is 1. The molecule has 154 valence electrons. The molecule has 0 saturated carbocycles. The third-order valence-corrected chi connectivity index (χ3v) is 6.49. The summed E-state index contributed by atoms with van der Waals surface area (Å²) in [4.78, 5) is 49.9. The average molecular weight is 436 g/mol. The quantitative estimate of drug-likeness (QED) is 0.477. The molecule has 0 radical (unpaired) electrons. The second-order valence-corrected chi connectivity index (χ2v) is 8.44. The lowest BCUT2D eigenvalue weighted by molar-refractivity contribution is -0.147. The van der Waals surface area contributed by atoms with Crippen LogP contribution in [0, 0.1) is 0 Å². The Labute approximate surface area is 176 Å². The summed E-state index contributed by atoms with van der Waals surface area (Å²) >= 11 is 2.68. The molecule has 1 amide bonds. The minimum atomic E-state index is -0.621. The number of fused-ring (bicyclic) bond motifs is 1. The van der Waals surface area contributed by atoms with Gasteiger partial charge in [-0.2, -0.15) is 0 Å². The van der Waals surface area contributed by atoms with E-state index in [0.717, 1.165) is 29.7 Å².